The smallest absolute Gasteiger partial charge is 0.412 e. The molecule has 0 saturated heterocycles. The lowest BCUT2D eigenvalue weighted by Crippen LogP contribution is -2.26. The van der Waals surface area contributed by atoms with E-state index in [0.717, 1.165) is 37.6 Å². The van der Waals surface area contributed by atoms with Gasteiger partial charge in [0.25, 0.3) is 5.91 Å². The van der Waals surface area contributed by atoms with E-state index in [0.29, 0.717) is 30.2 Å². The highest BCUT2D eigenvalue weighted by Gasteiger charge is 2.29. The molecule has 0 spiro atoms. The second-order valence-electron chi connectivity index (χ2n) is 8.89. The van der Waals surface area contributed by atoms with Crippen LogP contribution in [0.3, 0.4) is 0 Å². The Morgan fingerprint density at radius 2 is 1.86 bits per heavy atom. The molecule has 0 radical (unpaired) electrons. The first-order valence-corrected chi connectivity index (χ1v) is 12.6. The van der Waals surface area contributed by atoms with Crippen LogP contribution in [0.4, 0.5) is 13.2 Å². The van der Waals surface area contributed by atoms with Crippen molar-refractivity contribution >= 4 is 29.2 Å². The van der Waals surface area contributed by atoms with Crippen molar-refractivity contribution in [2.24, 2.45) is 0 Å². The van der Waals surface area contributed by atoms with Gasteiger partial charge in [0.05, 0.1) is 0 Å². The van der Waals surface area contributed by atoms with Crippen molar-refractivity contribution in [3.05, 3.63) is 58.7 Å². The second kappa shape index (κ2) is 14.2. The number of aromatic nitrogens is 2. The van der Waals surface area contributed by atoms with Gasteiger partial charge in [-0.05, 0) is 70.9 Å². The van der Waals surface area contributed by atoms with E-state index in [1.165, 1.54) is 12.2 Å². The minimum Gasteiger partial charge on any atom is -0.480 e. The number of imidazole rings is 1. The molecule has 0 aliphatic heterocycles. The van der Waals surface area contributed by atoms with Gasteiger partial charge in [0, 0.05) is 37.2 Å². The summed E-state index contributed by atoms with van der Waals surface area (Å²) < 4.78 is 44.1. The highest BCUT2D eigenvalue weighted by molar-refractivity contribution is 8.04. The Morgan fingerprint density at radius 1 is 1.22 bits per heavy atom. The molecular formula is C26H36F3N3O4S. The maximum absolute atomic E-state index is 13.1. The van der Waals surface area contributed by atoms with Crippen LogP contribution in [0.25, 0.3) is 5.57 Å². The highest BCUT2D eigenvalue weighted by atomic mass is 32.2. The molecule has 0 aliphatic carbocycles. The highest BCUT2D eigenvalue weighted by Crippen LogP contribution is 2.30. The molecular weight excluding hydrogens is 507 g/mol. The number of allylic oxidation sites excluding steroid dienone is 5. The number of methoxy groups -OCH3 is 1. The Morgan fingerprint density at radius 3 is 2.41 bits per heavy atom. The average molecular weight is 544 g/mol. The molecule has 1 rings (SSSR count). The first kappa shape index (κ1) is 32.2. The van der Waals surface area contributed by atoms with Gasteiger partial charge in [-0.3, -0.25) is 9.59 Å². The van der Waals surface area contributed by atoms with Crippen molar-refractivity contribution < 1.29 is 32.6 Å². The quantitative estimate of drug-likeness (QED) is 0.163. The van der Waals surface area contributed by atoms with Gasteiger partial charge >= 0.3 is 12.1 Å². The zero-order valence-electron chi connectivity index (χ0n) is 22.2. The first-order valence-electron chi connectivity index (χ1n) is 11.7. The van der Waals surface area contributed by atoms with Crippen LogP contribution >= 0.6 is 11.8 Å². The number of carboxylic acid groups (broad SMARTS) is 1. The second-order valence-corrected chi connectivity index (χ2v) is 10.4. The summed E-state index contributed by atoms with van der Waals surface area (Å²) in [6.45, 7) is 12.5. The predicted octanol–water partition coefficient (Wildman–Crippen LogP) is 6.27. The van der Waals surface area contributed by atoms with Gasteiger partial charge in [-0.15, -0.1) is 11.8 Å². The minimum absolute atomic E-state index is 0.0381. The number of nitrogens with one attached hydrogen (secondary N) is 1. The topological polar surface area (TPSA) is 93.5 Å². The number of nitrogens with zero attached hydrogens (tertiary/aromatic N) is 2. The maximum atomic E-state index is 13.1. The van der Waals surface area contributed by atoms with Gasteiger partial charge < -0.3 is 19.7 Å². The maximum Gasteiger partial charge on any atom is 0.412 e. The van der Waals surface area contributed by atoms with E-state index in [9.17, 15) is 27.9 Å². The van der Waals surface area contributed by atoms with Gasteiger partial charge in [-0.1, -0.05) is 18.7 Å². The summed E-state index contributed by atoms with van der Waals surface area (Å²) in [5.74, 6) is -0.949. The lowest BCUT2D eigenvalue weighted by atomic mass is 10.2. The summed E-state index contributed by atoms with van der Waals surface area (Å²) in [5.41, 5.74) is 0.999. The number of amides is 1. The number of hydrogen-bond donors (Lipinski definition) is 2. The molecule has 206 valence electrons. The van der Waals surface area contributed by atoms with Gasteiger partial charge in [0.2, 0.25) is 0 Å². The molecule has 1 amide bonds. The summed E-state index contributed by atoms with van der Waals surface area (Å²) >= 11 is 1.14. The SMILES string of the molecule is C=CC(=CC/C=C(\C)C(F)(F)F)NC(=O)c1nc(/C(C)=C/SC(C)(C)C(=O)O)n(CCCCOC)c1C. The zero-order valence-corrected chi connectivity index (χ0v) is 23.0. The van der Waals surface area contributed by atoms with Gasteiger partial charge in [0.1, 0.15) is 16.3 Å². The number of thioether (sulfide) groups is 1. The van der Waals surface area contributed by atoms with Crippen LogP contribution < -0.4 is 5.32 Å². The van der Waals surface area contributed by atoms with Crippen molar-refractivity contribution in [1.29, 1.82) is 0 Å². The molecule has 37 heavy (non-hydrogen) atoms. The van der Waals surface area contributed by atoms with Crippen LogP contribution in [0.2, 0.25) is 0 Å². The Labute approximate surface area is 220 Å². The largest absolute Gasteiger partial charge is 0.480 e. The summed E-state index contributed by atoms with van der Waals surface area (Å²) in [7, 11) is 1.62. The summed E-state index contributed by atoms with van der Waals surface area (Å²) in [6, 6.07) is 0. The van der Waals surface area contributed by atoms with E-state index in [1.807, 2.05) is 4.57 Å². The molecule has 2 N–H and O–H groups in total. The Hall–Kier alpha value is -2.79. The number of alkyl halides is 3. The van der Waals surface area contributed by atoms with Crippen molar-refractivity contribution in [2.45, 2.75) is 71.3 Å². The number of hydrogen-bond acceptors (Lipinski definition) is 5. The fraction of sp³-hybridized carbons (Fsp3) is 0.500. The number of carboxylic acids is 1. The normalized spacial score (nSPS) is 13.6. The predicted molar refractivity (Wildman–Crippen MR) is 141 cm³/mol. The van der Waals surface area contributed by atoms with E-state index < -0.39 is 28.4 Å². The zero-order chi connectivity index (χ0) is 28.4. The summed E-state index contributed by atoms with van der Waals surface area (Å²) in [5, 5.41) is 13.8. The molecule has 11 heteroatoms. The van der Waals surface area contributed by atoms with Crippen LogP contribution in [0.1, 0.15) is 69.0 Å². The first-order chi connectivity index (χ1) is 17.2. The standard InChI is InChI=1S/C26H36F3N3O4S/c1-8-20(13-11-12-18(3)26(27,28)29)30-23(33)21-19(4)32(14-9-10-15-36-7)22(31-21)17(2)16-37-25(5,6)24(34)35/h8,12-13,16H,1,9-11,14-15H2,2-7H3,(H,30,33)(H,34,35)/b17-16+,18-12+,20-13?. The fourth-order valence-corrected chi connectivity index (χ4v) is 3.71. The third-order valence-electron chi connectivity index (χ3n) is 5.50. The lowest BCUT2D eigenvalue weighted by Gasteiger charge is -2.16. The molecule has 1 aromatic rings. The molecule has 0 atom stereocenters. The molecule has 0 aromatic carbocycles. The summed E-state index contributed by atoms with van der Waals surface area (Å²) in [6.07, 6.45) is 0.937. The van der Waals surface area contributed by atoms with E-state index in [2.05, 4.69) is 16.9 Å². The van der Waals surface area contributed by atoms with E-state index in [4.69, 9.17) is 4.74 Å². The number of ether oxygens (including phenoxy) is 1. The Balaban J connectivity index is 3.27. The Bertz CT molecular complexity index is 1070. The molecule has 1 heterocycles. The number of carbonyl (C=O) groups is 2. The van der Waals surface area contributed by atoms with Crippen molar-refractivity contribution in [1.82, 2.24) is 14.9 Å². The van der Waals surface area contributed by atoms with E-state index in [1.54, 1.807) is 40.2 Å². The van der Waals surface area contributed by atoms with Crippen LogP contribution in [-0.4, -0.2) is 51.2 Å². The van der Waals surface area contributed by atoms with Crippen LogP contribution in [0.15, 0.2) is 41.5 Å². The molecule has 0 unspecified atom stereocenters. The number of unbranched alkanes of at least 4 members (excludes halogenated alkanes) is 1. The van der Waals surface area contributed by atoms with Gasteiger partial charge in [-0.2, -0.15) is 13.2 Å². The number of rotatable bonds is 14. The van der Waals surface area contributed by atoms with Gasteiger partial charge in [0.15, 0.2) is 0 Å². The molecule has 0 bridgehead atoms. The molecule has 1 aromatic heterocycles. The lowest BCUT2D eigenvalue weighted by molar-refractivity contribution is -0.138. The third kappa shape index (κ3) is 9.88. The minimum atomic E-state index is -4.40. The van der Waals surface area contributed by atoms with Crippen molar-refractivity contribution in [3.8, 4) is 0 Å². The third-order valence-corrected chi connectivity index (χ3v) is 6.74. The van der Waals surface area contributed by atoms with Crippen LogP contribution in [-0.2, 0) is 16.1 Å². The van der Waals surface area contributed by atoms with Crippen molar-refractivity contribution in [3.63, 3.8) is 0 Å². The molecule has 0 fully saturated rings. The monoisotopic (exact) mass is 543 g/mol. The van der Waals surface area contributed by atoms with E-state index >= 15 is 0 Å². The average Bonchev–Trinajstić information content (AvgIpc) is 3.15. The number of aliphatic carboxylic acids is 1. The number of carbonyl (C=O) groups excluding carboxylic acids is 1. The fourth-order valence-electron chi connectivity index (χ4n) is 3.03. The van der Waals surface area contributed by atoms with Crippen molar-refractivity contribution in [2.75, 3.05) is 13.7 Å². The number of halogens is 3. The van der Waals surface area contributed by atoms with Gasteiger partial charge in [-0.25, -0.2) is 4.98 Å². The van der Waals surface area contributed by atoms with Crippen LogP contribution in [0, 0.1) is 6.92 Å². The van der Waals surface area contributed by atoms with Crippen LogP contribution in [0.5, 0.6) is 0 Å². The van der Waals surface area contributed by atoms with E-state index in [-0.39, 0.29) is 17.8 Å². The molecule has 0 saturated carbocycles. The summed E-state index contributed by atoms with van der Waals surface area (Å²) in [4.78, 5) is 29.1. The molecule has 7 nitrogen and oxygen atoms in total. The molecule has 0 aliphatic rings. The Kier molecular flexibility index (Phi) is 12.4.